The molecule has 4 aromatic heterocycles. The van der Waals surface area contributed by atoms with Crippen molar-refractivity contribution in [2.24, 2.45) is 0 Å². The van der Waals surface area contributed by atoms with Gasteiger partial charge in [-0.15, -0.1) is 11.3 Å². The molecule has 0 unspecified atom stereocenters. The van der Waals surface area contributed by atoms with Gasteiger partial charge in [-0.2, -0.15) is 9.61 Å². The molecule has 13 nitrogen and oxygen atoms in total. The molecule has 4 aromatic rings. The minimum Gasteiger partial charge on any atom is -0.479 e. The number of carbonyl (C=O) groups is 1. The van der Waals surface area contributed by atoms with E-state index in [2.05, 4.69) is 20.1 Å². The maximum atomic E-state index is 12.9. The summed E-state index contributed by atoms with van der Waals surface area (Å²) in [6.07, 6.45) is 8.71. The number of ether oxygens (including phenoxy) is 2. The molecular weight excluding hydrogens is 558 g/mol. The van der Waals surface area contributed by atoms with E-state index >= 15 is 0 Å². The molecule has 0 saturated heterocycles. The van der Waals surface area contributed by atoms with E-state index in [1.165, 1.54) is 23.0 Å². The van der Waals surface area contributed by atoms with E-state index in [0.29, 0.717) is 46.1 Å². The highest BCUT2D eigenvalue weighted by Crippen LogP contribution is 2.43. The summed E-state index contributed by atoms with van der Waals surface area (Å²) in [6.45, 7) is 2.36. The number of nitrogens with zero attached hydrogens (tertiary/aromatic N) is 6. The van der Waals surface area contributed by atoms with Crippen LogP contribution in [0.1, 0.15) is 42.2 Å². The van der Waals surface area contributed by atoms with Crippen molar-refractivity contribution in [1.29, 1.82) is 0 Å². The highest BCUT2D eigenvalue weighted by molar-refractivity contribution is 7.91. The number of nitrogen functional groups attached to an aromatic ring is 1. The van der Waals surface area contributed by atoms with Crippen molar-refractivity contribution < 1.29 is 27.8 Å². The SMILES string of the molecule is COCCO[C@]1(C(=O)O)CC[C@@H](c2nc3c(-c4cnc(-c5ncc(C)s5)nc4)cnn3c(N)c2S(C)(=O)=O)CC1. The van der Waals surface area contributed by atoms with Gasteiger partial charge in [-0.3, -0.25) is 0 Å². The third-order valence-corrected chi connectivity index (χ3v) is 9.11. The quantitative estimate of drug-likeness (QED) is 0.273. The van der Waals surface area contributed by atoms with Crippen LogP contribution in [0.3, 0.4) is 0 Å². The van der Waals surface area contributed by atoms with Gasteiger partial charge in [-0.05, 0) is 32.6 Å². The summed E-state index contributed by atoms with van der Waals surface area (Å²) in [4.78, 5) is 31.1. The average molecular weight is 588 g/mol. The van der Waals surface area contributed by atoms with Crippen LogP contribution in [-0.4, -0.2) is 81.2 Å². The first kappa shape index (κ1) is 28.0. The lowest BCUT2D eigenvalue weighted by Gasteiger charge is -2.36. The van der Waals surface area contributed by atoms with Gasteiger partial charge in [0.25, 0.3) is 0 Å². The lowest BCUT2D eigenvalue weighted by molar-refractivity contribution is -0.173. The Labute approximate surface area is 234 Å². The van der Waals surface area contributed by atoms with Crippen molar-refractivity contribution in [2.45, 2.75) is 49.0 Å². The predicted octanol–water partition coefficient (Wildman–Crippen LogP) is 2.75. The van der Waals surface area contributed by atoms with Gasteiger partial charge in [0.2, 0.25) is 0 Å². The standard InChI is InChI=1S/C25H29N7O6S2/c1-14-10-29-23(39-14)21-27-11-16(12-28-21)17-13-30-32-20(26)19(40(3,35)36)18(31-22(17)32)15-4-6-25(7-5-15,24(33)34)38-9-8-37-2/h10-13,15H,4-9,26H2,1-3H3,(H,33,34)/t15-,25-. The van der Waals surface area contributed by atoms with Crippen molar-refractivity contribution in [3.63, 3.8) is 0 Å². The van der Waals surface area contributed by atoms with Crippen LogP contribution in [0.25, 0.3) is 27.6 Å². The first-order valence-corrected chi connectivity index (χ1v) is 15.2. The number of aromatic nitrogens is 6. The Morgan fingerprint density at radius 1 is 1.18 bits per heavy atom. The van der Waals surface area contributed by atoms with E-state index in [9.17, 15) is 18.3 Å². The van der Waals surface area contributed by atoms with Gasteiger partial charge in [-0.1, -0.05) is 0 Å². The number of sulfone groups is 1. The van der Waals surface area contributed by atoms with Gasteiger partial charge < -0.3 is 20.3 Å². The van der Waals surface area contributed by atoms with Crippen LogP contribution in [0.15, 0.2) is 29.7 Å². The summed E-state index contributed by atoms with van der Waals surface area (Å²) in [5, 5.41) is 14.9. The molecule has 40 heavy (non-hydrogen) atoms. The van der Waals surface area contributed by atoms with Gasteiger partial charge in [0.1, 0.15) is 10.7 Å². The maximum absolute atomic E-state index is 12.9. The first-order valence-electron chi connectivity index (χ1n) is 12.5. The first-order chi connectivity index (χ1) is 19.0. The zero-order valence-corrected chi connectivity index (χ0v) is 23.8. The molecule has 1 saturated carbocycles. The fourth-order valence-corrected chi connectivity index (χ4v) is 6.78. The van der Waals surface area contributed by atoms with Crippen LogP contribution in [0.2, 0.25) is 0 Å². The second-order valence-corrected chi connectivity index (χ2v) is 13.0. The summed E-state index contributed by atoms with van der Waals surface area (Å²) < 4.78 is 37.8. The lowest BCUT2D eigenvalue weighted by Crippen LogP contribution is -2.45. The molecule has 1 aliphatic carbocycles. The molecule has 0 radical (unpaired) electrons. The zero-order chi connectivity index (χ0) is 28.7. The van der Waals surface area contributed by atoms with Crippen molar-refractivity contribution in [3.05, 3.63) is 35.4 Å². The smallest absolute Gasteiger partial charge is 0.335 e. The van der Waals surface area contributed by atoms with E-state index in [4.69, 9.17) is 20.2 Å². The molecule has 0 atom stereocenters. The number of aryl methyl sites for hydroxylation is 1. The predicted molar refractivity (Wildman–Crippen MR) is 147 cm³/mol. The number of carboxylic acids is 1. The Morgan fingerprint density at radius 3 is 2.45 bits per heavy atom. The molecule has 5 rings (SSSR count). The van der Waals surface area contributed by atoms with Crippen molar-refractivity contribution >= 4 is 38.6 Å². The molecular formula is C25H29N7O6S2. The number of fused-ring (bicyclic) bond motifs is 1. The number of aliphatic carboxylic acids is 1. The monoisotopic (exact) mass is 587 g/mol. The number of methoxy groups -OCH3 is 1. The molecule has 0 bridgehead atoms. The van der Waals surface area contributed by atoms with Crippen LogP contribution in [0.5, 0.6) is 0 Å². The van der Waals surface area contributed by atoms with E-state index in [1.807, 2.05) is 6.92 Å². The Hall–Kier alpha value is -3.53. The average Bonchev–Trinajstić information content (AvgIpc) is 3.55. The summed E-state index contributed by atoms with van der Waals surface area (Å²) >= 11 is 1.49. The minimum absolute atomic E-state index is 0.0593. The second kappa shape index (κ2) is 10.8. The van der Waals surface area contributed by atoms with Crippen molar-refractivity contribution in [3.8, 4) is 22.0 Å². The third-order valence-electron chi connectivity index (χ3n) is 7.05. The lowest BCUT2D eigenvalue weighted by atomic mass is 9.77. The van der Waals surface area contributed by atoms with Crippen LogP contribution in [0, 0.1) is 6.92 Å². The van der Waals surface area contributed by atoms with Gasteiger partial charge in [0.05, 0.1) is 25.1 Å². The van der Waals surface area contributed by atoms with Crippen LogP contribution >= 0.6 is 11.3 Å². The summed E-state index contributed by atoms with van der Waals surface area (Å²) in [5.74, 6) is -0.980. The van der Waals surface area contributed by atoms with Crippen molar-refractivity contribution in [1.82, 2.24) is 29.5 Å². The third kappa shape index (κ3) is 5.16. The molecule has 0 spiro atoms. The Balaban J connectivity index is 1.53. The highest BCUT2D eigenvalue weighted by atomic mass is 32.2. The molecule has 1 aliphatic rings. The van der Waals surface area contributed by atoms with E-state index < -0.39 is 21.4 Å². The van der Waals surface area contributed by atoms with Gasteiger partial charge in [0, 0.05) is 53.9 Å². The van der Waals surface area contributed by atoms with E-state index in [-0.39, 0.29) is 42.7 Å². The summed E-state index contributed by atoms with van der Waals surface area (Å²) in [7, 11) is -2.29. The molecule has 1 fully saturated rings. The largest absolute Gasteiger partial charge is 0.479 e. The second-order valence-electron chi connectivity index (χ2n) is 9.76. The van der Waals surface area contributed by atoms with Gasteiger partial charge >= 0.3 is 5.97 Å². The number of rotatable bonds is 9. The normalized spacial score (nSPS) is 19.7. The number of carboxylic acid groups (broad SMARTS) is 1. The number of hydrogen-bond donors (Lipinski definition) is 2. The molecule has 0 aliphatic heterocycles. The Bertz CT molecular complexity index is 1660. The fourth-order valence-electron chi connectivity index (χ4n) is 5.01. The molecule has 3 N–H and O–H groups in total. The number of hydrogen-bond acceptors (Lipinski definition) is 12. The number of nitrogens with two attached hydrogens (primary N) is 1. The van der Waals surface area contributed by atoms with Crippen molar-refractivity contribution in [2.75, 3.05) is 32.3 Å². The van der Waals surface area contributed by atoms with Crippen LogP contribution in [-0.2, 0) is 24.1 Å². The summed E-state index contributed by atoms with van der Waals surface area (Å²) in [5.41, 5.74) is 6.88. The van der Waals surface area contributed by atoms with E-state index in [0.717, 1.165) is 11.1 Å². The molecule has 4 heterocycles. The van der Waals surface area contributed by atoms with Gasteiger partial charge in [-0.25, -0.2) is 33.1 Å². The summed E-state index contributed by atoms with van der Waals surface area (Å²) in [6, 6.07) is 0. The number of thiazole rings is 1. The number of anilines is 1. The Morgan fingerprint density at radius 2 is 1.88 bits per heavy atom. The molecule has 15 heteroatoms. The fraction of sp³-hybridized carbons (Fsp3) is 0.440. The minimum atomic E-state index is -3.80. The van der Waals surface area contributed by atoms with Gasteiger partial charge in [0.15, 0.2) is 31.9 Å². The Kier molecular flexibility index (Phi) is 7.56. The highest BCUT2D eigenvalue weighted by Gasteiger charge is 2.44. The molecule has 0 aromatic carbocycles. The zero-order valence-electron chi connectivity index (χ0n) is 22.2. The molecule has 212 valence electrons. The van der Waals surface area contributed by atoms with E-state index in [1.54, 1.807) is 24.8 Å². The molecule has 0 amide bonds. The maximum Gasteiger partial charge on any atom is 0.335 e. The van der Waals surface area contributed by atoms with Crippen LogP contribution in [0.4, 0.5) is 5.82 Å². The topological polar surface area (TPSA) is 185 Å². The van der Waals surface area contributed by atoms with Crippen LogP contribution < -0.4 is 5.73 Å².